The van der Waals surface area contributed by atoms with Crippen LogP contribution in [-0.2, 0) is 4.79 Å². The van der Waals surface area contributed by atoms with Gasteiger partial charge >= 0.3 is 0 Å². The standard InChI is InChI=1S/C18H23FN4O2/c1-11(2)23-7-6-22(10-16(23)17(24)20-3)18(25)15-9-12-8-13(19)4-5-14(12)21-15/h4-5,8-9,11,16,21H,6-7,10H2,1-3H3,(H,20,24). The molecule has 2 aromatic rings. The first-order chi connectivity index (χ1) is 11.9. The van der Waals surface area contributed by atoms with E-state index >= 15 is 0 Å². The van der Waals surface area contributed by atoms with Gasteiger partial charge in [0.1, 0.15) is 17.6 Å². The zero-order chi connectivity index (χ0) is 18.1. The number of benzene rings is 1. The van der Waals surface area contributed by atoms with Crippen molar-refractivity contribution < 1.29 is 14.0 Å². The summed E-state index contributed by atoms with van der Waals surface area (Å²) in [5, 5.41) is 3.34. The van der Waals surface area contributed by atoms with Gasteiger partial charge in [0.05, 0.1) is 0 Å². The van der Waals surface area contributed by atoms with Crippen molar-refractivity contribution in [2.24, 2.45) is 0 Å². The van der Waals surface area contributed by atoms with Crippen molar-refractivity contribution in [2.75, 3.05) is 26.7 Å². The van der Waals surface area contributed by atoms with E-state index in [4.69, 9.17) is 0 Å². The lowest BCUT2D eigenvalue weighted by molar-refractivity contribution is -0.128. The van der Waals surface area contributed by atoms with E-state index in [9.17, 15) is 14.0 Å². The van der Waals surface area contributed by atoms with Gasteiger partial charge in [-0.2, -0.15) is 0 Å². The maximum Gasteiger partial charge on any atom is 0.270 e. The normalized spacial score (nSPS) is 18.8. The van der Waals surface area contributed by atoms with Crippen LogP contribution in [0.25, 0.3) is 10.9 Å². The van der Waals surface area contributed by atoms with E-state index in [0.717, 1.165) is 0 Å². The van der Waals surface area contributed by atoms with Gasteiger partial charge in [-0.25, -0.2) is 4.39 Å². The summed E-state index contributed by atoms with van der Waals surface area (Å²) < 4.78 is 13.3. The number of nitrogens with zero attached hydrogens (tertiary/aromatic N) is 2. The Labute approximate surface area is 146 Å². The van der Waals surface area contributed by atoms with Crippen LogP contribution in [0.15, 0.2) is 24.3 Å². The van der Waals surface area contributed by atoms with E-state index in [1.54, 1.807) is 24.1 Å². The molecule has 0 spiro atoms. The lowest BCUT2D eigenvalue weighted by Crippen LogP contribution is -2.61. The third kappa shape index (κ3) is 3.37. The Balaban J connectivity index is 1.82. The Hall–Kier alpha value is -2.41. The number of aromatic amines is 1. The van der Waals surface area contributed by atoms with Gasteiger partial charge in [-0.15, -0.1) is 0 Å². The predicted molar refractivity (Wildman–Crippen MR) is 93.9 cm³/mol. The minimum absolute atomic E-state index is 0.0927. The van der Waals surface area contributed by atoms with Gasteiger partial charge in [-0.3, -0.25) is 14.5 Å². The molecule has 0 radical (unpaired) electrons. The number of H-pyrrole nitrogens is 1. The Kier molecular flexibility index (Phi) is 4.76. The number of hydrogen-bond donors (Lipinski definition) is 2. The third-order valence-electron chi connectivity index (χ3n) is 4.73. The molecule has 1 unspecified atom stereocenters. The van der Waals surface area contributed by atoms with Gasteiger partial charge in [-0.1, -0.05) is 0 Å². The summed E-state index contributed by atoms with van der Waals surface area (Å²) in [6, 6.07) is 5.87. The third-order valence-corrected chi connectivity index (χ3v) is 4.73. The van der Waals surface area contributed by atoms with Crippen molar-refractivity contribution in [3.8, 4) is 0 Å². The summed E-state index contributed by atoms with van der Waals surface area (Å²) in [5.41, 5.74) is 1.13. The molecule has 1 saturated heterocycles. The predicted octanol–water partition coefficient (Wildman–Crippen LogP) is 1.59. The molecule has 25 heavy (non-hydrogen) atoms. The van der Waals surface area contributed by atoms with Gasteiger partial charge < -0.3 is 15.2 Å². The number of nitrogens with one attached hydrogen (secondary N) is 2. The fourth-order valence-electron chi connectivity index (χ4n) is 3.39. The number of carbonyl (C=O) groups excluding carboxylic acids is 2. The highest BCUT2D eigenvalue weighted by molar-refractivity contribution is 5.98. The molecule has 2 heterocycles. The van der Waals surface area contributed by atoms with Crippen LogP contribution >= 0.6 is 0 Å². The first-order valence-corrected chi connectivity index (χ1v) is 8.45. The van der Waals surface area contributed by atoms with Crippen molar-refractivity contribution in [1.82, 2.24) is 20.1 Å². The number of fused-ring (bicyclic) bond motifs is 1. The molecule has 1 fully saturated rings. The maximum absolute atomic E-state index is 13.3. The number of likely N-dealkylation sites (N-methyl/N-ethyl adjacent to an activating group) is 1. The van der Waals surface area contributed by atoms with Crippen LogP contribution in [0.2, 0.25) is 0 Å². The Morgan fingerprint density at radius 1 is 1.28 bits per heavy atom. The highest BCUT2D eigenvalue weighted by atomic mass is 19.1. The molecule has 134 valence electrons. The largest absolute Gasteiger partial charge is 0.358 e. The van der Waals surface area contributed by atoms with E-state index in [2.05, 4.69) is 15.2 Å². The van der Waals surface area contributed by atoms with Crippen molar-refractivity contribution >= 4 is 22.7 Å². The fourth-order valence-corrected chi connectivity index (χ4v) is 3.39. The number of rotatable bonds is 3. The average molecular weight is 346 g/mol. The van der Waals surface area contributed by atoms with Crippen LogP contribution < -0.4 is 5.32 Å². The molecule has 1 aromatic carbocycles. The molecular formula is C18H23FN4O2. The molecule has 0 saturated carbocycles. The fraction of sp³-hybridized carbons (Fsp3) is 0.444. The van der Waals surface area contributed by atoms with Crippen LogP contribution in [0, 0.1) is 5.82 Å². The SMILES string of the molecule is CNC(=O)C1CN(C(=O)c2cc3cc(F)ccc3[nH]2)CCN1C(C)C. The number of aromatic nitrogens is 1. The highest BCUT2D eigenvalue weighted by Gasteiger charge is 2.35. The summed E-state index contributed by atoms with van der Waals surface area (Å²) in [6.45, 7) is 5.60. The van der Waals surface area contributed by atoms with Gasteiger partial charge in [0.2, 0.25) is 5.91 Å². The monoisotopic (exact) mass is 346 g/mol. The van der Waals surface area contributed by atoms with Crippen molar-refractivity contribution in [2.45, 2.75) is 25.9 Å². The minimum atomic E-state index is -0.371. The number of piperazine rings is 1. The lowest BCUT2D eigenvalue weighted by Gasteiger charge is -2.42. The second-order valence-corrected chi connectivity index (χ2v) is 6.63. The molecule has 2 N–H and O–H groups in total. The number of hydrogen-bond acceptors (Lipinski definition) is 3. The van der Waals surface area contributed by atoms with Crippen LogP contribution in [-0.4, -0.2) is 65.4 Å². The van der Waals surface area contributed by atoms with Gasteiger partial charge in [-0.05, 0) is 38.1 Å². The highest BCUT2D eigenvalue weighted by Crippen LogP contribution is 2.20. The van der Waals surface area contributed by atoms with Crippen molar-refractivity contribution in [1.29, 1.82) is 0 Å². The molecule has 3 rings (SSSR count). The van der Waals surface area contributed by atoms with E-state index in [-0.39, 0.29) is 29.7 Å². The summed E-state index contributed by atoms with van der Waals surface area (Å²) in [7, 11) is 1.61. The molecule has 6 nitrogen and oxygen atoms in total. The molecule has 0 bridgehead atoms. The first-order valence-electron chi connectivity index (χ1n) is 8.45. The summed E-state index contributed by atoms with van der Waals surface area (Å²) in [5.74, 6) is -0.602. The number of halogens is 1. The number of amides is 2. The van der Waals surface area contributed by atoms with Crippen LogP contribution in [0.5, 0.6) is 0 Å². The molecule has 1 aliphatic rings. The van der Waals surface area contributed by atoms with Gasteiger partial charge in [0, 0.05) is 43.6 Å². The Bertz CT molecular complexity index is 801. The molecule has 1 atom stereocenters. The lowest BCUT2D eigenvalue weighted by atomic mass is 10.1. The smallest absolute Gasteiger partial charge is 0.270 e. The zero-order valence-electron chi connectivity index (χ0n) is 14.7. The maximum atomic E-state index is 13.3. The van der Waals surface area contributed by atoms with Crippen LogP contribution in [0.3, 0.4) is 0 Å². The quantitative estimate of drug-likeness (QED) is 0.887. The molecule has 0 aliphatic carbocycles. The van der Waals surface area contributed by atoms with E-state index in [1.807, 2.05) is 13.8 Å². The summed E-state index contributed by atoms with van der Waals surface area (Å²) >= 11 is 0. The first kappa shape index (κ1) is 17.4. The van der Waals surface area contributed by atoms with E-state index < -0.39 is 0 Å². The summed E-state index contributed by atoms with van der Waals surface area (Å²) in [4.78, 5) is 31.9. The average Bonchev–Trinajstić information content (AvgIpc) is 3.02. The minimum Gasteiger partial charge on any atom is -0.358 e. The van der Waals surface area contributed by atoms with E-state index in [1.165, 1.54) is 12.1 Å². The second kappa shape index (κ2) is 6.84. The van der Waals surface area contributed by atoms with Crippen molar-refractivity contribution in [3.63, 3.8) is 0 Å². The van der Waals surface area contributed by atoms with Gasteiger partial charge in [0.15, 0.2) is 0 Å². The molecule has 1 aromatic heterocycles. The Morgan fingerprint density at radius 2 is 2.04 bits per heavy atom. The van der Waals surface area contributed by atoms with E-state index in [0.29, 0.717) is 36.2 Å². The zero-order valence-corrected chi connectivity index (χ0v) is 14.7. The topological polar surface area (TPSA) is 68.4 Å². The Morgan fingerprint density at radius 3 is 2.72 bits per heavy atom. The van der Waals surface area contributed by atoms with Crippen molar-refractivity contribution in [3.05, 3.63) is 35.8 Å². The summed E-state index contributed by atoms with van der Waals surface area (Å²) in [6.07, 6.45) is 0. The molecular weight excluding hydrogens is 323 g/mol. The second-order valence-electron chi connectivity index (χ2n) is 6.63. The van der Waals surface area contributed by atoms with Gasteiger partial charge in [0.25, 0.3) is 5.91 Å². The molecule has 2 amide bonds. The molecule has 1 aliphatic heterocycles. The molecule has 7 heteroatoms. The van der Waals surface area contributed by atoms with Crippen LogP contribution in [0.4, 0.5) is 4.39 Å². The number of carbonyl (C=O) groups is 2. The van der Waals surface area contributed by atoms with Crippen LogP contribution in [0.1, 0.15) is 24.3 Å².